The third kappa shape index (κ3) is 4.01. The van der Waals surface area contributed by atoms with Gasteiger partial charge >= 0.3 is 0 Å². The molecule has 2 rings (SSSR count). The minimum Gasteiger partial charge on any atom is -0.339 e. The van der Waals surface area contributed by atoms with E-state index in [1.165, 1.54) is 0 Å². The van der Waals surface area contributed by atoms with E-state index in [1.54, 1.807) is 6.20 Å². The van der Waals surface area contributed by atoms with Crippen LogP contribution in [0.2, 0.25) is 0 Å². The molecule has 0 aliphatic rings. The lowest BCUT2D eigenvalue weighted by atomic mass is 10.0. The molecule has 0 saturated carbocycles. The van der Waals surface area contributed by atoms with Gasteiger partial charge in [0.25, 0.3) is 0 Å². The fourth-order valence-electron chi connectivity index (χ4n) is 1.68. The van der Waals surface area contributed by atoms with E-state index in [4.69, 9.17) is 4.52 Å². The molecule has 0 aromatic carbocycles. The van der Waals surface area contributed by atoms with Gasteiger partial charge in [-0.15, -0.1) is 12.4 Å². The van der Waals surface area contributed by atoms with Crippen LogP contribution in [0.1, 0.15) is 37.0 Å². The Labute approximate surface area is 119 Å². The van der Waals surface area contributed by atoms with E-state index in [0.717, 1.165) is 17.8 Å². The van der Waals surface area contributed by atoms with E-state index in [-0.39, 0.29) is 18.3 Å². The summed E-state index contributed by atoms with van der Waals surface area (Å²) >= 11 is 0. The second-order valence-corrected chi connectivity index (χ2v) is 4.45. The van der Waals surface area contributed by atoms with Crippen molar-refractivity contribution in [2.75, 3.05) is 7.05 Å². The second kappa shape index (κ2) is 7.21. The average molecular weight is 283 g/mol. The van der Waals surface area contributed by atoms with Crippen LogP contribution < -0.4 is 5.32 Å². The van der Waals surface area contributed by atoms with Crippen LogP contribution in [-0.4, -0.2) is 28.2 Å². The maximum Gasteiger partial charge on any atom is 0.233 e. The lowest BCUT2D eigenvalue weighted by Crippen LogP contribution is -2.24. The lowest BCUT2D eigenvalue weighted by molar-refractivity contribution is 0.363. The highest BCUT2D eigenvalue weighted by atomic mass is 35.5. The normalized spacial score (nSPS) is 13.6. The van der Waals surface area contributed by atoms with Crippen LogP contribution >= 0.6 is 12.4 Å². The summed E-state index contributed by atoms with van der Waals surface area (Å²) in [6.07, 6.45) is 4.34. The maximum atomic E-state index is 5.31. The van der Waals surface area contributed by atoms with Crippen molar-refractivity contribution in [3.05, 3.63) is 41.8 Å². The van der Waals surface area contributed by atoms with Gasteiger partial charge in [-0.05, 0) is 32.5 Å². The molecule has 2 atom stereocenters. The predicted octanol–water partition coefficient (Wildman–Crippen LogP) is 2.19. The fourth-order valence-corrected chi connectivity index (χ4v) is 1.68. The van der Waals surface area contributed by atoms with Crippen molar-refractivity contribution in [1.82, 2.24) is 20.4 Å². The van der Waals surface area contributed by atoms with Gasteiger partial charge in [0, 0.05) is 24.9 Å². The van der Waals surface area contributed by atoms with Crippen LogP contribution in [0.5, 0.6) is 0 Å². The molecule has 0 spiro atoms. The van der Waals surface area contributed by atoms with Crippen molar-refractivity contribution in [3.63, 3.8) is 0 Å². The molecule has 1 N–H and O–H groups in total. The first-order chi connectivity index (χ1) is 8.70. The smallest absolute Gasteiger partial charge is 0.233 e. The van der Waals surface area contributed by atoms with Crippen molar-refractivity contribution >= 4 is 12.4 Å². The minimum absolute atomic E-state index is 0. The van der Waals surface area contributed by atoms with E-state index in [2.05, 4.69) is 27.4 Å². The average Bonchev–Trinajstić information content (AvgIpc) is 2.87. The third-order valence-corrected chi connectivity index (χ3v) is 3.02. The summed E-state index contributed by atoms with van der Waals surface area (Å²) in [7, 11) is 1.92. The Hall–Kier alpha value is -1.46. The molecule has 0 aliphatic carbocycles. The fraction of sp³-hybridized carbons (Fsp3) is 0.462. The molecular formula is C13H19ClN4O. The zero-order valence-corrected chi connectivity index (χ0v) is 12.1. The zero-order valence-electron chi connectivity index (χ0n) is 11.3. The number of aromatic nitrogens is 3. The Balaban J connectivity index is 0.00000180. The van der Waals surface area contributed by atoms with Gasteiger partial charge in [0.15, 0.2) is 5.82 Å². The first kappa shape index (κ1) is 15.6. The quantitative estimate of drug-likeness (QED) is 0.911. The maximum absolute atomic E-state index is 5.31. The van der Waals surface area contributed by atoms with Gasteiger partial charge in [0.2, 0.25) is 5.89 Å². The molecule has 104 valence electrons. The Morgan fingerprint density at radius 3 is 2.79 bits per heavy atom. The molecule has 0 fully saturated rings. The van der Waals surface area contributed by atoms with Crippen LogP contribution in [0.4, 0.5) is 0 Å². The van der Waals surface area contributed by atoms with Crippen LogP contribution in [0, 0.1) is 0 Å². The van der Waals surface area contributed by atoms with E-state index in [1.807, 2.05) is 32.3 Å². The number of halogens is 1. The Morgan fingerprint density at radius 1 is 1.37 bits per heavy atom. The largest absolute Gasteiger partial charge is 0.339 e. The molecule has 0 aliphatic heterocycles. The van der Waals surface area contributed by atoms with Gasteiger partial charge in [-0.25, -0.2) is 0 Å². The number of nitrogens with zero attached hydrogens (tertiary/aromatic N) is 3. The molecule has 2 heterocycles. The van der Waals surface area contributed by atoms with E-state index in [9.17, 15) is 0 Å². The van der Waals surface area contributed by atoms with Crippen LogP contribution in [0.3, 0.4) is 0 Å². The number of likely N-dealkylation sites (N-methyl/N-ethyl adjacent to an activating group) is 1. The number of hydrogen-bond donors (Lipinski definition) is 1. The lowest BCUT2D eigenvalue weighted by Gasteiger charge is -2.06. The van der Waals surface area contributed by atoms with Crippen molar-refractivity contribution in [1.29, 1.82) is 0 Å². The van der Waals surface area contributed by atoms with Crippen LogP contribution in [0.15, 0.2) is 29.0 Å². The van der Waals surface area contributed by atoms with Gasteiger partial charge in [-0.1, -0.05) is 11.2 Å². The standard InChI is InChI=1S/C13H18N4O.ClH/c1-9(14-3)7-12-16-13(18-17-12)10(2)11-5-4-6-15-8-11;/h4-6,8-10,14H,7H2,1-3H3;1H. The summed E-state index contributed by atoms with van der Waals surface area (Å²) in [6, 6.07) is 4.26. The molecule has 19 heavy (non-hydrogen) atoms. The van der Waals surface area contributed by atoms with Gasteiger partial charge in [-0.3, -0.25) is 4.98 Å². The molecule has 2 unspecified atom stereocenters. The minimum atomic E-state index is 0. The van der Waals surface area contributed by atoms with E-state index in [0.29, 0.717) is 11.9 Å². The van der Waals surface area contributed by atoms with Crippen LogP contribution in [-0.2, 0) is 6.42 Å². The molecule has 6 heteroatoms. The van der Waals surface area contributed by atoms with E-state index < -0.39 is 0 Å². The number of pyridine rings is 1. The molecule has 0 radical (unpaired) electrons. The predicted molar refractivity (Wildman–Crippen MR) is 75.5 cm³/mol. The first-order valence-corrected chi connectivity index (χ1v) is 6.10. The van der Waals surface area contributed by atoms with Gasteiger partial charge in [-0.2, -0.15) is 4.98 Å². The van der Waals surface area contributed by atoms with Gasteiger partial charge in [0.1, 0.15) is 0 Å². The molecule has 0 saturated heterocycles. The highest BCUT2D eigenvalue weighted by molar-refractivity contribution is 5.85. The molecule has 2 aromatic heterocycles. The monoisotopic (exact) mass is 282 g/mol. The Bertz CT molecular complexity index is 488. The van der Waals surface area contributed by atoms with Crippen molar-refractivity contribution in [2.24, 2.45) is 0 Å². The molecule has 2 aromatic rings. The number of hydrogen-bond acceptors (Lipinski definition) is 5. The Morgan fingerprint density at radius 2 is 2.16 bits per heavy atom. The summed E-state index contributed by atoms with van der Waals surface area (Å²) in [5, 5.41) is 7.16. The molecule has 0 bridgehead atoms. The van der Waals surface area contributed by atoms with Crippen molar-refractivity contribution in [3.8, 4) is 0 Å². The summed E-state index contributed by atoms with van der Waals surface area (Å²) in [5.41, 5.74) is 1.08. The first-order valence-electron chi connectivity index (χ1n) is 6.10. The third-order valence-electron chi connectivity index (χ3n) is 3.02. The second-order valence-electron chi connectivity index (χ2n) is 4.45. The van der Waals surface area contributed by atoms with Gasteiger partial charge in [0.05, 0.1) is 5.92 Å². The summed E-state index contributed by atoms with van der Waals surface area (Å²) in [4.78, 5) is 8.53. The van der Waals surface area contributed by atoms with Gasteiger partial charge < -0.3 is 9.84 Å². The highest BCUT2D eigenvalue weighted by Crippen LogP contribution is 2.21. The molecule has 5 nitrogen and oxygen atoms in total. The summed E-state index contributed by atoms with van der Waals surface area (Å²) < 4.78 is 5.31. The van der Waals surface area contributed by atoms with Crippen molar-refractivity contribution in [2.45, 2.75) is 32.2 Å². The molecular weight excluding hydrogens is 264 g/mol. The topological polar surface area (TPSA) is 63.8 Å². The van der Waals surface area contributed by atoms with E-state index >= 15 is 0 Å². The Kier molecular flexibility index (Phi) is 5.92. The highest BCUT2D eigenvalue weighted by Gasteiger charge is 2.17. The van der Waals surface area contributed by atoms with Crippen molar-refractivity contribution < 1.29 is 4.52 Å². The SMILES string of the molecule is CNC(C)Cc1noc(C(C)c2cccnc2)n1.Cl. The number of nitrogens with one attached hydrogen (secondary N) is 1. The summed E-state index contributed by atoms with van der Waals surface area (Å²) in [6.45, 7) is 4.12. The zero-order chi connectivity index (χ0) is 13.0. The molecule has 0 amide bonds. The number of rotatable bonds is 5. The summed E-state index contributed by atoms with van der Waals surface area (Å²) in [5.74, 6) is 1.45. The van der Waals surface area contributed by atoms with Crippen LogP contribution in [0.25, 0.3) is 0 Å².